The summed E-state index contributed by atoms with van der Waals surface area (Å²) in [6.45, 7) is 0. The van der Waals surface area contributed by atoms with Crippen molar-refractivity contribution in [2.45, 2.75) is 0 Å². The molecule has 0 aliphatic carbocycles. The predicted molar refractivity (Wildman–Crippen MR) is 89.1 cm³/mol. The van der Waals surface area contributed by atoms with Gasteiger partial charge in [-0.1, -0.05) is 35.1 Å². The standard InChI is InChI=1S/C14H10ClN5O2S/c1-19-11(16-8-13(19)20(21)22)6-7-12-17-18-14(23-12)9-2-4-10(15)5-3-9/h2-8H,1H3/b7-6+. The fourth-order valence-corrected chi connectivity index (χ4v) is 2.77. The molecule has 7 nitrogen and oxygen atoms in total. The summed E-state index contributed by atoms with van der Waals surface area (Å²) in [7, 11) is 1.59. The number of nitro groups is 1. The van der Waals surface area contributed by atoms with Gasteiger partial charge in [-0.05, 0) is 23.1 Å². The van der Waals surface area contributed by atoms with Gasteiger partial charge in [-0.25, -0.2) is 9.55 Å². The van der Waals surface area contributed by atoms with Crippen LogP contribution in [0.2, 0.25) is 5.02 Å². The molecule has 0 N–H and O–H groups in total. The molecule has 0 saturated heterocycles. The van der Waals surface area contributed by atoms with Crippen LogP contribution in [-0.4, -0.2) is 24.7 Å². The Morgan fingerprint density at radius 1 is 1.26 bits per heavy atom. The van der Waals surface area contributed by atoms with Crippen LogP contribution in [0.4, 0.5) is 5.82 Å². The number of imidazole rings is 1. The molecule has 2 aromatic heterocycles. The minimum absolute atomic E-state index is 0.0660. The van der Waals surface area contributed by atoms with E-state index in [0.717, 1.165) is 10.6 Å². The second-order valence-corrected chi connectivity index (χ2v) is 6.02. The number of hydrogen-bond donors (Lipinski definition) is 0. The van der Waals surface area contributed by atoms with Gasteiger partial charge in [0.25, 0.3) is 0 Å². The predicted octanol–water partition coefficient (Wildman–Crippen LogP) is 3.67. The van der Waals surface area contributed by atoms with E-state index in [1.807, 2.05) is 12.1 Å². The number of hydrogen-bond acceptors (Lipinski definition) is 6. The molecule has 3 aromatic rings. The Labute approximate surface area is 140 Å². The minimum atomic E-state index is -0.478. The van der Waals surface area contributed by atoms with Gasteiger partial charge in [0.1, 0.15) is 16.2 Å². The summed E-state index contributed by atoms with van der Waals surface area (Å²) >= 11 is 7.27. The Hall–Kier alpha value is -2.58. The highest BCUT2D eigenvalue weighted by atomic mass is 35.5. The average molecular weight is 348 g/mol. The summed E-state index contributed by atoms with van der Waals surface area (Å²) in [6, 6.07) is 7.33. The van der Waals surface area contributed by atoms with Crippen LogP contribution in [0.3, 0.4) is 0 Å². The maximum absolute atomic E-state index is 10.8. The maximum atomic E-state index is 10.8. The molecule has 0 atom stereocenters. The Balaban J connectivity index is 1.81. The first kappa shape index (κ1) is 15.3. The van der Waals surface area contributed by atoms with Crippen LogP contribution < -0.4 is 0 Å². The molecule has 0 unspecified atom stereocenters. The summed E-state index contributed by atoms with van der Waals surface area (Å²) in [5.41, 5.74) is 0.930. The van der Waals surface area contributed by atoms with Crippen molar-refractivity contribution in [2.24, 2.45) is 7.05 Å². The lowest BCUT2D eigenvalue weighted by Crippen LogP contribution is -1.98. The van der Waals surface area contributed by atoms with E-state index in [0.29, 0.717) is 15.9 Å². The fraction of sp³-hybridized carbons (Fsp3) is 0.0714. The lowest BCUT2D eigenvalue weighted by molar-refractivity contribution is -0.391. The molecule has 0 spiro atoms. The van der Waals surface area contributed by atoms with Crippen LogP contribution in [0.1, 0.15) is 10.8 Å². The zero-order valence-corrected chi connectivity index (χ0v) is 13.5. The lowest BCUT2D eigenvalue weighted by atomic mass is 10.2. The van der Waals surface area contributed by atoms with Crippen LogP contribution >= 0.6 is 22.9 Å². The number of benzene rings is 1. The van der Waals surface area contributed by atoms with E-state index in [4.69, 9.17) is 11.6 Å². The third kappa shape index (κ3) is 3.27. The fourth-order valence-electron chi connectivity index (χ4n) is 1.90. The van der Waals surface area contributed by atoms with E-state index in [-0.39, 0.29) is 5.82 Å². The monoisotopic (exact) mass is 347 g/mol. The second kappa shape index (κ2) is 6.27. The molecule has 1 aromatic carbocycles. The van der Waals surface area contributed by atoms with Crippen molar-refractivity contribution in [1.82, 2.24) is 19.7 Å². The van der Waals surface area contributed by atoms with Gasteiger partial charge < -0.3 is 10.1 Å². The van der Waals surface area contributed by atoms with Crippen molar-refractivity contribution in [1.29, 1.82) is 0 Å². The maximum Gasteiger partial charge on any atom is 0.342 e. The van der Waals surface area contributed by atoms with Gasteiger partial charge in [-0.2, -0.15) is 0 Å². The Morgan fingerprint density at radius 2 is 2.00 bits per heavy atom. The molecule has 0 saturated carbocycles. The third-order valence-corrected chi connectivity index (χ3v) is 4.28. The molecule has 0 bridgehead atoms. The van der Waals surface area contributed by atoms with E-state index in [2.05, 4.69) is 15.2 Å². The summed E-state index contributed by atoms with van der Waals surface area (Å²) in [6.07, 6.45) is 4.61. The molecule has 0 aliphatic heterocycles. The Bertz CT molecular complexity index is 885. The van der Waals surface area contributed by atoms with Gasteiger partial charge in [-0.15, -0.1) is 10.2 Å². The first-order chi connectivity index (χ1) is 11.0. The highest BCUT2D eigenvalue weighted by molar-refractivity contribution is 7.15. The number of rotatable bonds is 4. The van der Waals surface area contributed by atoms with Crippen molar-refractivity contribution in [2.75, 3.05) is 0 Å². The first-order valence-corrected chi connectivity index (χ1v) is 7.67. The lowest BCUT2D eigenvalue weighted by Gasteiger charge is -1.94. The molecule has 23 heavy (non-hydrogen) atoms. The summed E-state index contributed by atoms with van der Waals surface area (Å²) in [4.78, 5) is 14.3. The summed E-state index contributed by atoms with van der Waals surface area (Å²) in [5.74, 6) is 0.406. The average Bonchev–Trinajstić information content (AvgIpc) is 3.13. The number of aromatic nitrogens is 4. The topological polar surface area (TPSA) is 86.7 Å². The van der Waals surface area contributed by atoms with E-state index in [9.17, 15) is 10.1 Å². The van der Waals surface area contributed by atoms with Crippen LogP contribution in [0, 0.1) is 10.1 Å². The Morgan fingerprint density at radius 3 is 2.65 bits per heavy atom. The van der Waals surface area contributed by atoms with Gasteiger partial charge in [0, 0.05) is 16.7 Å². The second-order valence-electron chi connectivity index (χ2n) is 4.58. The molecule has 0 radical (unpaired) electrons. The van der Waals surface area contributed by atoms with Gasteiger partial charge in [0.2, 0.25) is 5.82 Å². The zero-order valence-electron chi connectivity index (χ0n) is 11.9. The minimum Gasteiger partial charge on any atom is -0.358 e. The smallest absolute Gasteiger partial charge is 0.342 e. The molecular formula is C14H10ClN5O2S. The normalized spacial score (nSPS) is 11.2. The highest BCUT2D eigenvalue weighted by Crippen LogP contribution is 2.25. The van der Waals surface area contributed by atoms with Gasteiger partial charge >= 0.3 is 5.82 Å². The van der Waals surface area contributed by atoms with Gasteiger partial charge in [-0.3, -0.25) is 0 Å². The first-order valence-electron chi connectivity index (χ1n) is 6.48. The largest absolute Gasteiger partial charge is 0.358 e. The van der Waals surface area contributed by atoms with Crippen molar-refractivity contribution < 1.29 is 4.92 Å². The summed E-state index contributed by atoms with van der Waals surface area (Å²) < 4.78 is 1.40. The van der Waals surface area contributed by atoms with E-state index < -0.39 is 4.92 Å². The van der Waals surface area contributed by atoms with Gasteiger partial charge in [0.15, 0.2) is 0 Å². The molecular weight excluding hydrogens is 338 g/mol. The summed E-state index contributed by atoms with van der Waals surface area (Å²) in [5, 5.41) is 21.1. The van der Waals surface area contributed by atoms with Crippen LogP contribution in [0.5, 0.6) is 0 Å². The number of nitrogens with zero attached hydrogens (tertiary/aromatic N) is 5. The number of halogens is 1. The molecule has 2 heterocycles. The van der Waals surface area contributed by atoms with Crippen molar-refractivity contribution >= 4 is 40.9 Å². The van der Waals surface area contributed by atoms with Crippen LogP contribution in [-0.2, 0) is 7.05 Å². The molecule has 9 heteroatoms. The Kier molecular flexibility index (Phi) is 4.18. The van der Waals surface area contributed by atoms with Crippen LogP contribution in [0.25, 0.3) is 22.7 Å². The molecule has 0 aliphatic rings. The molecule has 3 rings (SSSR count). The molecule has 116 valence electrons. The van der Waals surface area contributed by atoms with Gasteiger partial charge in [0.05, 0.1) is 7.05 Å². The van der Waals surface area contributed by atoms with Crippen molar-refractivity contribution in [3.8, 4) is 10.6 Å². The molecule has 0 amide bonds. The van der Waals surface area contributed by atoms with E-state index >= 15 is 0 Å². The SMILES string of the molecule is Cn1c([N+](=O)[O-])cnc1/C=C/c1nnc(-c2ccc(Cl)cc2)s1. The van der Waals surface area contributed by atoms with Crippen LogP contribution in [0.15, 0.2) is 30.5 Å². The van der Waals surface area contributed by atoms with Crippen molar-refractivity contribution in [3.05, 3.63) is 56.4 Å². The quantitative estimate of drug-likeness (QED) is 0.530. The van der Waals surface area contributed by atoms with Crippen molar-refractivity contribution in [3.63, 3.8) is 0 Å². The zero-order chi connectivity index (χ0) is 16.4. The van der Waals surface area contributed by atoms with E-state index in [1.54, 1.807) is 31.3 Å². The highest BCUT2D eigenvalue weighted by Gasteiger charge is 2.14. The molecule has 0 fully saturated rings. The van der Waals surface area contributed by atoms with E-state index in [1.165, 1.54) is 22.1 Å². The third-order valence-electron chi connectivity index (χ3n) is 3.09.